The Morgan fingerprint density at radius 2 is 2.11 bits per heavy atom. The van der Waals surface area contributed by atoms with Gasteiger partial charge < -0.3 is 20.1 Å². The number of aliphatic carboxylic acids is 1. The van der Waals surface area contributed by atoms with E-state index in [1.807, 2.05) is 0 Å². The second-order valence-corrected chi connectivity index (χ2v) is 3.95. The van der Waals surface area contributed by atoms with Gasteiger partial charge in [-0.25, -0.2) is 4.79 Å². The molecule has 0 fully saturated rings. The molecule has 18 heavy (non-hydrogen) atoms. The smallest absolute Gasteiger partial charge is 0.326 e. The van der Waals surface area contributed by atoms with Crippen LogP contribution < -0.4 is 5.32 Å². The van der Waals surface area contributed by atoms with Gasteiger partial charge in [0.2, 0.25) is 5.91 Å². The van der Waals surface area contributed by atoms with Crippen LogP contribution in [0.4, 0.5) is 0 Å². The molecule has 1 aromatic heterocycles. The number of nitrogens with one attached hydrogen (secondary N) is 1. The second kappa shape index (κ2) is 6.15. The Morgan fingerprint density at radius 1 is 1.44 bits per heavy atom. The minimum atomic E-state index is -1.17. The number of carboxylic acids is 1. The summed E-state index contributed by atoms with van der Waals surface area (Å²) in [6.45, 7) is 3.09. The lowest BCUT2D eigenvalue weighted by molar-refractivity contribution is -0.142. The first-order valence-corrected chi connectivity index (χ1v) is 5.50. The number of aliphatic hydroxyl groups is 1. The van der Waals surface area contributed by atoms with E-state index < -0.39 is 17.9 Å². The molecule has 3 N–H and O–H groups in total. The van der Waals surface area contributed by atoms with Crippen molar-refractivity contribution in [1.82, 2.24) is 10.5 Å². The van der Waals surface area contributed by atoms with Gasteiger partial charge in [-0.1, -0.05) is 5.16 Å². The van der Waals surface area contributed by atoms with E-state index in [1.165, 1.54) is 0 Å². The number of aliphatic hydroxyl groups excluding tert-OH is 1. The van der Waals surface area contributed by atoms with Crippen molar-refractivity contribution in [3.63, 3.8) is 0 Å². The fourth-order valence-corrected chi connectivity index (χ4v) is 1.55. The van der Waals surface area contributed by atoms with Gasteiger partial charge in [-0.05, 0) is 13.8 Å². The molecule has 100 valence electrons. The number of amides is 1. The Hall–Kier alpha value is -1.89. The zero-order chi connectivity index (χ0) is 13.7. The topological polar surface area (TPSA) is 113 Å². The number of hydrogen-bond acceptors (Lipinski definition) is 5. The number of carboxylic acid groups (broad SMARTS) is 1. The third-order valence-electron chi connectivity index (χ3n) is 2.57. The quantitative estimate of drug-likeness (QED) is 0.649. The zero-order valence-corrected chi connectivity index (χ0v) is 10.3. The molecular weight excluding hydrogens is 240 g/mol. The maximum absolute atomic E-state index is 11.7. The van der Waals surface area contributed by atoms with Gasteiger partial charge in [-0.3, -0.25) is 4.79 Å². The highest BCUT2D eigenvalue weighted by Gasteiger charge is 2.21. The first kappa shape index (κ1) is 14.2. The summed E-state index contributed by atoms with van der Waals surface area (Å²) in [7, 11) is 0. The van der Waals surface area contributed by atoms with E-state index in [4.69, 9.17) is 14.7 Å². The molecule has 0 aliphatic carbocycles. The van der Waals surface area contributed by atoms with Crippen molar-refractivity contribution in [2.45, 2.75) is 32.7 Å². The van der Waals surface area contributed by atoms with Crippen LogP contribution in [0.5, 0.6) is 0 Å². The summed E-state index contributed by atoms with van der Waals surface area (Å²) >= 11 is 0. The van der Waals surface area contributed by atoms with Crippen LogP contribution in [0.1, 0.15) is 23.4 Å². The van der Waals surface area contributed by atoms with Gasteiger partial charge in [0.1, 0.15) is 11.8 Å². The normalized spacial score (nSPS) is 12.2. The average Bonchev–Trinajstić information content (AvgIpc) is 2.60. The van der Waals surface area contributed by atoms with Crippen molar-refractivity contribution in [2.75, 3.05) is 6.61 Å². The summed E-state index contributed by atoms with van der Waals surface area (Å²) in [6, 6.07) is -1.08. The molecule has 1 heterocycles. The number of hydrogen-bond donors (Lipinski definition) is 3. The highest BCUT2D eigenvalue weighted by molar-refractivity contribution is 5.85. The molecule has 0 aromatic carbocycles. The van der Waals surface area contributed by atoms with Crippen LogP contribution in [-0.2, 0) is 16.0 Å². The highest BCUT2D eigenvalue weighted by Crippen LogP contribution is 2.12. The third kappa shape index (κ3) is 3.56. The van der Waals surface area contributed by atoms with Crippen LogP contribution in [0.3, 0.4) is 0 Å². The van der Waals surface area contributed by atoms with Gasteiger partial charge in [0.05, 0.1) is 12.1 Å². The summed E-state index contributed by atoms with van der Waals surface area (Å²) in [5.74, 6) is -1.07. The van der Waals surface area contributed by atoms with Crippen LogP contribution in [0.2, 0.25) is 0 Å². The molecule has 7 nitrogen and oxygen atoms in total. The number of aryl methyl sites for hydroxylation is 2. The van der Waals surface area contributed by atoms with Crippen molar-refractivity contribution in [1.29, 1.82) is 0 Å². The monoisotopic (exact) mass is 256 g/mol. The molecular formula is C11H16N2O5. The van der Waals surface area contributed by atoms with Crippen molar-refractivity contribution in [3.05, 3.63) is 17.0 Å². The van der Waals surface area contributed by atoms with E-state index in [0.29, 0.717) is 17.0 Å². The molecule has 0 aliphatic rings. The number of carbonyl (C=O) groups is 2. The van der Waals surface area contributed by atoms with E-state index in [2.05, 4.69) is 10.5 Å². The molecule has 0 bridgehead atoms. The molecule has 1 rings (SSSR count). The Labute approximate surface area is 104 Å². The molecule has 1 unspecified atom stereocenters. The summed E-state index contributed by atoms with van der Waals surface area (Å²) in [6.07, 6.45) is -0.0148. The van der Waals surface area contributed by atoms with E-state index >= 15 is 0 Å². The Kier molecular flexibility index (Phi) is 4.85. The maximum atomic E-state index is 11.7. The molecule has 0 saturated heterocycles. The lowest BCUT2D eigenvalue weighted by Crippen LogP contribution is -2.42. The SMILES string of the molecule is Cc1noc(C)c1CC(=O)NC(CCO)C(=O)O. The fourth-order valence-electron chi connectivity index (χ4n) is 1.55. The predicted octanol–water partition coefficient (Wildman–Crippen LogP) is -0.214. The number of rotatable bonds is 6. The Morgan fingerprint density at radius 3 is 2.56 bits per heavy atom. The number of aromatic nitrogens is 1. The van der Waals surface area contributed by atoms with Crippen LogP contribution in [0.25, 0.3) is 0 Å². The molecule has 1 amide bonds. The van der Waals surface area contributed by atoms with Crippen LogP contribution in [0.15, 0.2) is 4.52 Å². The average molecular weight is 256 g/mol. The van der Waals surface area contributed by atoms with Crippen molar-refractivity contribution in [2.24, 2.45) is 0 Å². The minimum Gasteiger partial charge on any atom is -0.480 e. The van der Waals surface area contributed by atoms with Crippen molar-refractivity contribution < 1.29 is 24.3 Å². The molecule has 0 aliphatic heterocycles. The molecule has 7 heteroatoms. The molecule has 0 spiro atoms. The van der Waals surface area contributed by atoms with Crippen LogP contribution >= 0.6 is 0 Å². The fraction of sp³-hybridized carbons (Fsp3) is 0.545. The van der Waals surface area contributed by atoms with Gasteiger partial charge in [-0.2, -0.15) is 0 Å². The van der Waals surface area contributed by atoms with E-state index in [0.717, 1.165) is 0 Å². The Bertz CT molecular complexity index is 421. The van der Waals surface area contributed by atoms with Gasteiger partial charge in [0, 0.05) is 18.6 Å². The summed E-state index contributed by atoms with van der Waals surface area (Å²) < 4.78 is 4.91. The second-order valence-electron chi connectivity index (χ2n) is 3.95. The largest absolute Gasteiger partial charge is 0.480 e. The van der Waals surface area contributed by atoms with Gasteiger partial charge >= 0.3 is 5.97 Å². The van der Waals surface area contributed by atoms with E-state index in [-0.39, 0.29) is 19.4 Å². The minimum absolute atomic E-state index is 0.0103. The van der Waals surface area contributed by atoms with Gasteiger partial charge in [0.15, 0.2) is 0 Å². The molecule has 0 saturated carbocycles. The van der Waals surface area contributed by atoms with Crippen LogP contribution in [0, 0.1) is 13.8 Å². The zero-order valence-electron chi connectivity index (χ0n) is 10.3. The molecule has 1 aromatic rings. The summed E-state index contributed by atoms with van der Waals surface area (Å²) in [4.78, 5) is 22.5. The third-order valence-corrected chi connectivity index (χ3v) is 2.57. The first-order chi connectivity index (χ1) is 8.45. The molecule has 1 atom stereocenters. The van der Waals surface area contributed by atoms with Crippen LogP contribution in [-0.4, -0.2) is 39.9 Å². The summed E-state index contributed by atoms with van der Waals surface area (Å²) in [5, 5.41) is 23.6. The van der Waals surface area contributed by atoms with E-state index in [9.17, 15) is 9.59 Å². The molecule has 0 radical (unpaired) electrons. The number of carbonyl (C=O) groups excluding carboxylic acids is 1. The predicted molar refractivity (Wildman–Crippen MR) is 61.0 cm³/mol. The van der Waals surface area contributed by atoms with Crippen molar-refractivity contribution in [3.8, 4) is 0 Å². The van der Waals surface area contributed by atoms with Gasteiger partial charge in [-0.15, -0.1) is 0 Å². The highest BCUT2D eigenvalue weighted by atomic mass is 16.5. The lowest BCUT2D eigenvalue weighted by Gasteiger charge is -2.12. The lowest BCUT2D eigenvalue weighted by atomic mass is 10.1. The van der Waals surface area contributed by atoms with E-state index in [1.54, 1.807) is 13.8 Å². The van der Waals surface area contributed by atoms with Crippen molar-refractivity contribution >= 4 is 11.9 Å². The first-order valence-electron chi connectivity index (χ1n) is 5.50. The summed E-state index contributed by atoms with van der Waals surface area (Å²) in [5.41, 5.74) is 1.26. The Balaban J connectivity index is 2.63. The van der Waals surface area contributed by atoms with Gasteiger partial charge in [0.25, 0.3) is 0 Å². The number of nitrogens with zero attached hydrogens (tertiary/aromatic N) is 1. The standard InChI is InChI=1S/C11H16N2O5/c1-6-8(7(2)18-13-6)5-10(15)12-9(3-4-14)11(16)17/h9,14H,3-5H2,1-2H3,(H,12,15)(H,16,17). The maximum Gasteiger partial charge on any atom is 0.326 e.